The Kier molecular flexibility index (Phi) is 4.86. The van der Waals surface area contributed by atoms with Crippen LogP contribution >= 0.6 is 23.2 Å². The van der Waals surface area contributed by atoms with E-state index in [1.54, 1.807) is 18.2 Å². The van der Waals surface area contributed by atoms with Crippen LogP contribution in [0.15, 0.2) is 30.3 Å². The maximum Gasteiger partial charge on any atom is 0.139 e. The van der Waals surface area contributed by atoms with Gasteiger partial charge in [0.1, 0.15) is 11.6 Å². The van der Waals surface area contributed by atoms with E-state index in [9.17, 15) is 4.39 Å². The molecule has 2 rings (SSSR count). The maximum absolute atomic E-state index is 13.5. The van der Waals surface area contributed by atoms with E-state index in [1.807, 2.05) is 6.92 Å². The zero-order valence-electron chi connectivity index (χ0n) is 10.9. The second-order valence-corrected chi connectivity index (χ2v) is 5.02. The predicted octanol–water partition coefficient (Wildman–Crippen LogP) is 4.66. The zero-order chi connectivity index (χ0) is 14.7. The van der Waals surface area contributed by atoms with Gasteiger partial charge in [0.05, 0.1) is 16.7 Å². The van der Waals surface area contributed by atoms with Crippen molar-refractivity contribution in [3.63, 3.8) is 0 Å². The van der Waals surface area contributed by atoms with Crippen LogP contribution in [-0.4, -0.2) is 6.61 Å². The summed E-state index contributed by atoms with van der Waals surface area (Å²) in [5.74, 6) is 0.159. The van der Waals surface area contributed by atoms with Gasteiger partial charge in [0.15, 0.2) is 0 Å². The van der Waals surface area contributed by atoms with Gasteiger partial charge in [-0.3, -0.25) is 0 Å². The van der Waals surface area contributed by atoms with Crippen molar-refractivity contribution in [3.05, 3.63) is 51.8 Å². The molecule has 0 heterocycles. The Morgan fingerprint density at radius 2 is 1.85 bits per heavy atom. The van der Waals surface area contributed by atoms with Gasteiger partial charge in [0, 0.05) is 18.2 Å². The van der Waals surface area contributed by atoms with Crippen molar-refractivity contribution in [1.82, 2.24) is 0 Å². The molecule has 0 aliphatic carbocycles. The summed E-state index contributed by atoms with van der Waals surface area (Å²) in [6, 6.07) is 7.72. The monoisotopic (exact) mass is 313 g/mol. The lowest BCUT2D eigenvalue weighted by molar-refractivity contribution is 0.340. The van der Waals surface area contributed by atoms with E-state index >= 15 is 0 Å². The van der Waals surface area contributed by atoms with Gasteiger partial charge in [-0.2, -0.15) is 0 Å². The lowest BCUT2D eigenvalue weighted by Crippen LogP contribution is -2.00. The van der Waals surface area contributed by atoms with Crippen LogP contribution in [0.25, 0.3) is 11.1 Å². The number of ether oxygens (including phenoxy) is 1. The number of benzene rings is 2. The van der Waals surface area contributed by atoms with Crippen LogP contribution < -0.4 is 10.5 Å². The molecule has 0 radical (unpaired) electrons. The van der Waals surface area contributed by atoms with E-state index in [0.717, 1.165) is 5.56 Å². The smallest absolute Gasteiger partial charge is 0.139 e. The van der Waals surface area contributed by atoms with Gasteiger partial charge in [-0.15, -0.1) is 0 Å². The van der Waals surface area contributed by atoms with Crippen molar-refractivity contribution in [2.45, 2.75) is 13.5 Å². The first-order valence-corrected chi connectivity index (χ1v) is 6.93. The zero-order valence-corrected chi connectivity index (χ0v) is 12.4. The highest BCUT2D eigenvalue weighted by Crippen LogP contribution is 2.38. The van der Waals surface area contributed by atoms with Crippen LogP contribution in [0.5, 0.6) is 5.75 Å². The Morgan fingerprint density at radius 1 is 1.10 bits per heavy atom. The molecule has 0 aromatic heterocycles. The number of hydrogen-bond donors (Lipinski definition) is 1. The fraction of sp³-hybridized carbons (Fsp3) is 0.200. The van der Waals surface area contributed by atoms with E-state index in [4.69, 9.17) is 33.7 Å². The fourth-order valence-electron chi connectivity index (χ4n) is 1.98. The van der Waals surface area contributed by atoms with Crippen molar-refractivity contribution in [2.24, 2.45) is 5.73 Å². The van der Waals surface area contributed by atoms with Gasteiger partial charge in [-0.1, -0.05) is 29.3 Å². The third kappa shape index (κ3) is 3.06. The summed E-state index contributed by atoms with van der Waals surface area (Å²) in [6.07, 6.45) is 0. The summed E-state index contributed by atoms with van der Waals surface area (Å²) in [7, 11) is 0. The molecule has 5 heteroatoms. The molecule has 0 saturated carbocycles. The SMILES string of the molecule is CCOc1cc(Cl)c(-c2cc(F)ccc2CN)cc1Cl. The van der Waals surface area contributed by atoms with Gasteiger partial charge >= 0.3 is 0 Å². The highest BCUT2D eigenvalue weighted by molar-refractivity contribution is 6.36. The Bertz CT molecular complexity index is 632. The summed E-state index contributed by atoms with van der Waals surface area (Å²) in [5, 5.41) is 0.872. The minimum atomic E-state index is -0.349. The molecule has 2 N–H and O–H groups in total. The molecule has 0 aliphatic rings. The maximum atomic E-state index is 13.5. The summed E-state index contributed by atoms with van der Waals surface area (Å²) < 4.78 is 18.8. The molecule has 0 bridgehead atoms. The van der Waals surface area contributed by atoms with Crippen molar-refractivity contribution in [3.8, 4) is 16.9 Å². The quantitative estimate of drug-likeness (QED) is 0.891. The molecular weight excluding hydrogens is 300 g/mol. The average Bonchev–Trinajstić information content (AvgIpc) is 2.42. The lowest BCUT2D eigenvalue weighted by Gasteiger charge is -2.13. The molecule has 2 nitrogen and oxygen atoms in total. The molecule has 20 heavy (non-hydrogen) atoms. The molecule has 0 spiro atoms. The van der Waals surface area contributed by atoms with Gasteiger partial charge in [-0.05, 0) is 36.2 Å². The summed E-state index contributed by atoms with van der Waals surface area (Å²) in [6.45, 7) is 2.64. The van der Waals surface area contributed by atoms with Crippen molar-refractivity contribution in [2.75, 3.05) is 6.61 Å². The molecule has 0 saturated heterocycles. The Labute approximate surface area is 127 Å². The minimum Gasteiger partial charge on any atom is -0.492 e. The normalized spacial score (nSPS) is 10.7. The first-order chi connectivity index (χ1) is 9.56. The van der Waals surface area contributed by atoms with Crippen LogP contribution in [0.3, 0.4) is 0 Å². The van der Waals surface area contributed by atoms with Crippen LogP contribution in [-0.2, 0) is 6.54 Å². The molecule has 0 amide bonds. The highest BCUT2D eigenvalue weighted by atomic mass is 35.5. The topological polar surface area (TPSA) is 35.2 Å². The van der Waals surface area contributed by atoms with Gasteiger partial charge in [-0.25, -0.2) is 4.39 Å². The molecule has 0 fully saturated rings. The number of halogens is 3. The molecule has 0 aliphatic heterocycles. The lowest BCUT2D eigenvalue weighted by atomic mass is 9.99. The highest BCUT2D eigenvalue weighted by Gasteiger charge is 2.13. The molecule has 0 unspecified atom stereocenters. The summed E-state index contributed by atoms with van der Waals surface area (Å²) in [4.78, 5) is 0. The Hall–Kier alpha value is -1.29. The Balaban J connectivity index is 2.58. The second-order valence-electron chi connectivity index (χ2n) is 4.20. The average molecular weight is 314 g/mol. The standard InChI is InChI=1S/C15H14Cl2FNO/c1-2-20-15-7-13(16)12(6-14(15)17)11-5-10(18)4-3-9(11)8-19/h3-7H,2,8,19H2,1H3. The second kappa shape index (κ2) is 6.44. The third-order valence-electron chi connectivity index (χ3n) is 2.90. The van der Waals surface area contributed by atoms with Gasteiger partial charge < -0.3 is 10.5 Å². The number of hydrogen-bond acceptors (Lipinski definition) is 2. The van der Waals surface area contributed by atoms with E-state index in [2.05, 4.69) is 0 Å². The molecule has 106 valence electrons. The summed E-state index contributed by atoms with van der Waals surface area (Å²) >= 11 is 12.4. The van der Waals surface area contributed by atoms with Crippen LogP contribution in [0.4, 0.5) is 4.39 Å². The van der Waals surface area contributed by atoms with Crippen LogP contribution in [0, 0.1) is 5.82 Å². The van der Waals surface area contributed by atoms with E-state index in [0.29, 0.717) is 33.5 Å². The minimum absolute atomic E-state index is 0.288. The number of nitrogens with two attached hydrogens (primary N) is 1. The molecule has 2 aromatic rings. The summed E-state index contributed by atoms with van der Waals surface area (Å²) in [5.41, 5.74) is 7.76. The van der Waals surface area contributed by atoms with Crippen LogP contribution in [0.1, 0.15) is 12.5 Å². The van der Waals surface area contributed by atoms with Crippen molar-refractivity contribution < 1.29 is 9.13 Å². The molecular formula is C15H14Cl2FNO. The van der Waals surface area contributed by atoms with Crippen LogP contribution in [0.2, 0.25) is 10.0 Å². The molecule has 2 aromatic carbocycles. The van der Waals surface area contributed by atoms with Gasteiger partial charge in [0.25, 0.3) is 0 Å². The number of rotatable bonds is 4. The van der Waals surface area contributed by atoms with E-state index in [1.165, 1.54) is 12.1 Å². The third-order valence-corrected chi connectivity index (χ3v) is 3.51. The largest absolute Gasteiger partial charge is 0.492 e. The predicted molar refractivity (Wildman–Crippen MR) is 80.9 cm³/mol. The Morgan fingerprint density at radius 3 is 2.50 bits per heavy atom. The first-order valence-electron chi connectivity index (χ1n) is 6.17. The van der Waals surface area contributed by atoms with E-state index in [-0.39, 0.29) is 12.4 Å². The van der Waals surface area contributed by atoms with Gasteiger partial charge in [0.2, 0.25) is 0 Å². The first kappa shape index (κ1) is 15.1. The fourth-order valence-corrected chi connectivity index (χ4v) is 2.45. The van der Waals surface area contributed by atoms with Crippen molar-refractivity contribution in [1.29, 1.82) is 0 Å². The van der Waals surface area contributed by atoms with E-state index < -0.39 is 0 Å². The molecule has 0 atom stereocenters. The van der Waals surface area contributed by atoms with Crippen molar-refractivity contribution >= 4 is 23.2 Å².